The van der Waals surface area contributed by atoms with Crippen LogP contribution in [0.3, 0.4) is 0 Å². The molecule has 1 heterocycles. The molecule has 0 unspecified atom stereocenters. The van der Waals surface area contributed by atoms with Crippen LogP contribution in [0.4, 0.5) is 0 Å². The summed E-state index contributed by atoms with van der Waals surface area (Å²) >= 11 is 3.36. The van der Waals surface area contributed by atoms with Gasteiger partial charge in [0.15, 0.2) is 6.61 Å². The molecule has 0 aliphatic carbocycles. The highest BCUT2D eigenvalue weighted by atomic mass is 79.9. The molecular formula is C13H16BrNO3. The summed E-state index contributed by atoms with van der Waals surface area (Å²) in [5, 5.41) is 2.81. The number of rotatable bonds is 5. The Morgan fingerprint density at radius 2 is 2.33 bits per heavy atom. The van der Waals surface area contributed by atoms with Gasteiger partial charge < -0.3 is 14.8 Å². The Balaban J connectivity index is 1.69. The molecule has 1 aliphatic rings. The first-order chi connectivity index (χ1) is 8.75. The Bertz CT molecular complexity index is 405. The summed E-state index contributed by atoms with van der Waals surface area (Å²) in [5.74, 6) is 0.547. The first-order valence-electron chi connectivity index (χ1n) is 6.01. The maximum Gasteiger partial charge on any atom is 0.258 e. The number of amides is 1. The molecule has 1 N–H and O–H groups in total. The van der Waals surface area contributed by atoms with Crippen molar-refractivity contribution < 1.29 is 14.3 Å². The van der Waals surface area contributed by atoms with Crippen molar-refractivity contribution in [2.45, 2.75) is 18.9 Å². The monoisotopic (exact) mass is 313 g/mol. The van der Waals surface area contributed by atoms with Crippen molar-refractivity contribution in [3.8, 4) is 5.75 Å². The van der Waals surface area contributed by atoms with Gasteiger partial charge in [-0.05, 0) is 40.9 Å². The van der Waals surface area contributed by atoms with E-state index in [0.29, 0.717) is 12.3 Å². The molecule has 1 aliphatic heterocycles. The van der Waals surface area contributed by atoms with E-state index < -0.39 is 0 Å². The van der Waals surface area contributed by atoms with Crippen molar-refractivity contribution in [3.63, 3.8) is 0 Å². The topological polar surface area (TPSA) is 47.6 Å². The van der Waals surface area contributed by atoms with E-state index in [1.807, 2.05) is 24.3 Å². The lowest BCUT2D eigenvalue weighted by Gasteiger charge is -2.11. The van der Waals surface area contributed by atoms with Crippen LogP contribution < -0.4 is 10.1 Å². The quantitative estimate of drug-likeness (QED) is 0.906. The summed E-state index contributed by atoms with van der Waals surface area (Å²) in [7, 11) is 0. The fourth-order valence-electron chi connectivity index (χ4n) is 1.79. The number of ether oxygens (including phenoxy) is 2. The molecule has 1 saturated heterocycles. The highest BCUT2D eigenvalue weighted by Gasteiger charge is 2.16. The van der Waals surface area contributed by atoms with Crippen molar-refractivity contribution in [1.82, 2.24) is 5.32 Å². The van der Waals surface area contributed by atoms with Gasteiger partial charge in [-0.25, -0.2) is 0 Å². The summed E-state index contributed by atoms with van der Waals surface area (Å²) in [4.78, 5) is 11.6. The first-order valence-corrected chi connectivity index (χ1v) is 6.80. The Kier molecular flexibility index (Phi) is 5.01. The van der Waals surface area contributed by atoms with Gasteiger partial charge in [0.1, 0.15) is 5.75 Å². The summed E-state index contributed by atoms with van der Waals surface area (Å²) < 4.78 is 11.7. The Hall–Kier alpha value is -1.07. The molecule has 2 rings (SSSR count). The van der Waals surface area contributed by atoms with Gasteiger partial charge in [-0.1, -0.05) is 12.1 Å². The molecule has 5 heteroatoms. The zero-order valence-electron chi connectivity index (χ0n) is 10.0. The fraction of sp³-hybridized carbons (Fsp3) is 0.462. The van der Waals surface area contributed by atoms with Crippen LogP contribution in [0.5, 0.6) is 5.75 Å². The van der Waals surface area contributed by atoms with E-state index in [2.05, 4.69) is 21.2 Å². The minimum Gasteiger partial charge on any atom is -0.483 e. The average molecular weight is 314 g/mol. The van der Waals surface area contributed by atoms with Gasteiger partial charge >= 0.3 is 0 Å². The van der Waals surface area contributed by atoms with Crippen molar-refractivity contribution in [1.29, 1.82) is 0 Å². The van der Waals surface area contributed by atoms with E-state index in [1.165, 1.54) is 0 Å². The van der Waals surface area contributed by atoms with E-state index in [0.717, 1.165) is 23.9 Å². The maximum atomic E-state index is 11.6. The first kappa shape index (κ1) is 13.4. The minimum atomic E-state index is -0.124. The van der Waals surface area contributed by atoms with Crippen LogP contribution in [0.1, 0.15) is 12.8 Å². The molecule has 0 spiro atoms. The lowest BCUT2D eigenvalue weighted by Crippen LogP contribution is -2.35. The molecule has 1 amide bonds. The van der Waals surface area contributed by atoms with E-state index >= 15 is 0 Å². The Labute approximate surface area is 115 Å². The van der Waals surface area contributed by atoms with Gasteiger partial charge in [0.2, 0.25) is 0 Å². The molecule has 0 aromatic heterocycles. The minimum absolute atomic E-state index is 0.0231. The summed E-state index contributed by atoms with van der Waals surface area (Å²) in [6.07, 6.45) is 2.26. The smallest absolute Gasteiger partial charge is 0.258 e. The van der Waals surface area contributed by atoms with Crippen LogP contribution in [0.2, 0.25) is 0 Å². The standard InChI is InChI=1S/C13H16BrNO3/c14-11-5-1-2-6-12(11)18-9-13(16)15-8-10-4-3-7-17-10/h1-2,5-6,10H,3-4,7-9H2,(H,15,16)/t10-/m0/s1. The van der Waals surface area contributed by atoms with E-state index in [9.17, 15) is 4.79 Å². The van der Waals surface area contributed by atoms with Crippen LogP contribution in [-0.4, -0.2) is 31.8 Å². The summed E-state index contributed by atoms with van der Waals surface area (Å²) in [5.41, 5.74) is 0. The predicted molar refractivity (Wildman–Crippen MR) is 71.6 cm³/mol. The third-order valence-corrected chi connectivity index (χ3v) is 3.40. The molecule has 0 radical (unpaired) electrons. The second kappa shape index (κ2) is 6.75. The number of nitrogens with one attached hydrogen (secondary N) is 1. The SMILES string of the molecule is O=C(COc1ccccc1Br)NC[C@@H]1CCCO1. The predicted octanol–water partition coefficient (Wildman–Crippen LogP) is 2.12. The zero-order chi connectivity index (χ0) is 12.8. The molecule has 1 atom stereocenters. The average Bonchev–Trinajstić information content (AvgIpc) is 2.88. The third-order valence-electron chi connectivity index (χ3n) is 2.75. The normalized spacial score (nSPS) is 18.6. The van der Waals surface area contributed by atoms with Crippen LogP contribution in [0.15, 0.2) is 28.7 Å². The van der Waals surface area contributed by atoms with E-state index in [-0.39, 0.29) is 18.6 Å². The molecule has 18 heavy (non-hydrogen) atoms. The van der Waals surface area contributed by atoms with Gasteiger partial charge in [-0.15, -0.1) is 0 Å². The summed E-state index contributed by atoms with van der Waals surface area (Å²) in [6.45, 7) is 1.39. The molecule has 4 nitrogen and oxygen atoms in total. The van der Waals surface area contributed by atoms with Crippen molar-refractivity contribution >= 4 is 21.8 Å². The van der Waals surface area contributed by atoms with Crippen LogP contribution in [0.25, 0.3) is 0 Å². The van der Waals surface area contributed by atoms with Gasteiger partial charge in [-0.2, -0.15) is 0 Å². The second-order valence-corrected chi connectivity index (χ2v) is 5.01. The second-order valence-electron chi connectivity index (χ2n) is 4.16. The molecule has 0 bridgehead atoms. The maximum absolute atomic E-state index is 11.6. The van der Waals surface area contributed by atoms with Crippen LogP contribution >= 0.6 is 15.9 Å². The third kappa shape index (κ3) is 3.99. The van der Waals surface area contributed by atoms with Crippen LogP contribution in [-0.2, 0) is 9.53 Å². The molecule has 1 aromatic rings. The molecular weight excluding hydrogens is 298 g/mol. The highest BCUT2D eigenvalue weighted by Crippen LogP contribution is 2.23. The van der Waals surface area contributed by atoms with E-state index in [1.54, 1.807) is 0 Å². The molecule has 1 aromatic carbocycles. The van der Waals surface area contributed by atoms with Crippen molar-refractivity contribution in [3.05, 3.63) is 28.7 Å². The zero-order valence-corrected chi connectivity index (χ0v) is 11.6. The number of benzene rings is 1. The summed E-state index contributed by atoms with van der Waals surface area (Å²) in [6, 6.07) is 7.45. The lowest BCUT2D eigenvalue weighted by atomic mass is 10.2. The van der Waals surface area contributed by atoms with Crippen molar-refractivity contribution in [2.75, 3.05) is 19.8 Å². The number of carbonyl (C=O) groups excluding carboxylic acids is 1. The van der Waals surface area contributed by atoms with Crippen LogP contribution in [0, 0.1) is 0 Å². The Morgan fingerprint density at radius 1 is 1.50 bits per heavy atom. The highest BCUT2D eigenvalue weighted by molar-refractivity contribution is 9.10. The van der Waals surface area contributed by atoms with Gasteiger partial charge in [-0.3, -0.25) is 4.79 Å². The Morgan fingerprint density at radius 3 is 3.06 bits per heavy atom. The lowest BCUT2D eigenvalue weighted by molar-refractivity contribution is -0.123. The number of carbonyl (C=O) groups is 1. The number of para-hydroxylation sites is 1. The molecule has 0 saturated carbocycles. The molecule has 1 fully saturated rings. The number of halogens is 1. The number of hydrogen-bond donors (Lipinski definition) is 1. The van der Waals surface area contributed by atoms with E-state index in [4.69, 9.17) is 9.47 Å². The van der Waals surface area contributed by atoms with Gasteiger partial charge in [0.05, 0.1) is 10.6 Å². The largest absolute Gasteiger partial charge is 0.483 e. The fourth-order valence-corrected chi connectivity index (χ4v) is 2.19. The van der Waals surface area contributed by atoms with Crippen molar-refractivity contribution in [2.24, 2.45) is 0 Å². The number of hydrogen-bond acceptors (Lipinski definition) is 3. The molecule has 98 valence electrons. The van der Waals surface area contributed by atoms with Gasteiger partial charge in [0.25, 0.3) is 5.91 Å². The van der Waals surface area contributed by atoms with Gasteiger partial charge in [0, 0.05) is 13.2 Å².